The molecule has 1 unspecified atom stereocenters. The van der Waals surface area contributed by atoms with Crippen molar-refractivity contribution in [3.8, 4) is 5.75 Å². The highest BCUT2D eigenvalue weighted by molar-refractivity contribution is 7.05. The van der Waals surface area contributed by atoms with E-state index in [2.05, 4.69) is 28.9 Å². The van der Waals surface area contributed by atoms with E-state index in [0.717, 1.165) is 16.1 Å². The summed E-state index contributed by atoms with van der Waals surface area (Å²) in [6.45, 7) is 4.16. The number of halogens is 1. The molecule has 0 saturated carbocycles. The van der Waals surface area contributed by atoms with Crippen LogP contribution in [-0.2, 0) is 0 Å². The van der Waals surface area contributed by atoms with Gasteiger partial charge in [-0.2, -0.15) is 0 Å². The standard InChI is InChI=1S/C13H17ClN4OS/c1-7(2)11-13(20-18-17-11)12(16-15)8-4-5-9(14)10(6-8)19-3/h4-7,12,16H,15H2,1-3H3. The van der Waals surface area contributed by atoms with Crippen molar-refractivity contribution in [1.29, 1.82) is 0 Å². The van der Waals surface area contributed by atoms with E-state index >= 15 is 0 Å². The van der Waals surface area contributed by atoms with Crippen LogP contribution < -0.4 is 16.0 Å². The summed E-state index contributed by atoms with van der Waals surface area (Å²) in [5.74, 6) is 6.63. The normalized spacial score (nSPS) is 12.7. The van der Waals surface area contributed by atoms with Crippen LogP contribution in [0, 0.1) is 0 Å². The maximum Gasteiger partial charge on any atom is 0.137 e. The minimum atomic E-state index is -0.182. The summed E-state index contributed by atoms with van der Waals surface area (Å²) in [6.07, 6.45) is 0. The zero-order valence-corrected chi connectivity index (χ0v) is 13.1. The Morgan fingerprint density at radius 3 is 2.75 bits per heavy atom. The number of methoxy groups -OCH3 is 1. The Morgan fingerprint density at radius 1 is 1.40 bits per heavy atom. The first kappa shape index (κ1) is 15.2. The van der Waals surface area contributed by atoms with Gasteiger partial charge in [-0.3, -0.25) is 5.84 Å². The molecule has 1 aromatic carbocycles. The van der Waals surface area contributed by atoms with Crippen LogP contribution in [0.15, 0.2) is 18.2 Å². The van der Waals surface area contributed by atoms with Crippen molar-refractivity contribution in [2.24, 2.45) is 5.84 Å². The molecule has 1 heterocycles. The number of hydrogen-bond acceptors (Lipinski definition) is 6. The summed E-state index contributed by atoms with van der Waals surface area (Å²) in [5.41, 5.74) is 4.73. The van der Waals surface area contributed by atoms with Gasteiger partial charge < -0.3 is 4.74 Å². The maximum atomic E-state index is 6.05. The van der Waals surface area contributed by atoms with Crippen LogP contribution in [0.2, 0.25) is 5.02 Å². The molecule has 0 aliphatic heterocycles. The number of rotatable bonds is 5. The van der Waals surface area contributed by atoms with Gasteiger partial charge >= 0.3 is 0 Å². The lowest BCUT2D eigenvalue weighted by Crippen LogP contribution is -2.29. The van der Waals surface area contributed by atoms with E-state index in [9.17, 15) is 0 Å². The molecular weight excluding hydrogens is 296 g/mol. The molecule has 7 heteroatoms. The van der Waals surface area contributed by atoms with Crippen LogP contribution in [0.4, 0.5) is 0 Å². The molecule has 108 valence electrons. The van der Waals surface area contributed by atoms with Gasteiger partial charge in [0.05, 0.1) is 28.7 Å². The molecule has 0 fully saturated rings. The van der Waals surface area contributed by atoms with Gasteiger partial charge in [0.25, 0.3) is 0 Å². The topological polar surface area (TPSA) is 73.1 Å². The third kappa shape index (κ3) is 2.93. The molecular formula is C13H17ClN4OS. The highest BCUT2D eigenvalue weighted by Gasteiger charge is 2.22. The van der Waals surface area contributed by atoms with Crippen LogP contribution in [-0.4, -0.2) is 16.7 Å². The van der Waals surface area contributed by atoms with Crippen LogP contribution in [0.1, 0.15) is 41.9 Å². The van der Waals surface area contributed by atoms with E-state index in [4.69, 9.17) is 22.2 Å². The molecule has 0 bridgehead atoms. The molecule has 0 aliphatic carbocycles. The summed E-state index contributed by atoms with van der Waals surface area (Å²) in [6, 6.07) is 5.40. The van der Waals surface area contributed by atoms with Crippen LogP contribution in [0.5, 0.6) is 5.75 Å². The van der Waals surface area contributed by atoms with E-state index in [1.807, 2.05) is 12.1 Å². The quantitative estimate of drug-likeness (QED) is 0.656. The molecule has 1 aromatic heterocycles. The average molecular weight is 313 g/mol. The Kier molecular flexibility index (Phi) is 4.93. The summed E-state index contributed by atoms with van der Waals surface area (Å²) < 4.78 is 9.28. The molecule has 0 aliphatic rings. The summed E-state index contributed by atoms with van der Waals surface area (Å²) in [4.78, 5) is 1.01. The molecule has 0 radical (unpaired) electrons. The maximum absolute atomic E-state index is 6.05. The predicted octanol–water partition coefficient (Wildman–Crippen LogP) is 2.88. The molecule has 5 nitrogen and oxygen atoms in total. The number of nitrogens with zero attached hydrogens (tertiary/aromatic N) is 2. The van der Waals surface area contributed by atoms with E-state index in [0.29, 0.717) is 10.8 Å². The van der Waals surface area contributed by atoms with Gasteiger partial charge in [0.15, 0.2) is 0 Å². The second-order valence-electron chi connectivity index (χ2n) is 4.67. The van der Waals surface area contributed by atoms with Crippen molar-refractivity contribution >= 4 is 23.1 Å². The third-order valence-corrected chi connectivity index (χ3v) is 4.14. The highest BCUT2D eigenvalue weighted by Crippen LogP contribution is 2.34. The van der Waals surface area contributed by atoms with Gasteiger partial charge in [-0.05, 0) is 35.1 Å². The SMILES string of the molecule is COc1cc(C(NN)c2snnc2C(C)C)ccc1Cl. The minimum Gasteiger partial charge on any atom is -0.495 e. The fraction of sp³-hybridized carbons (Fsp3) is 0.385. The molecule has 2 aromatic rings. The van der Waals surface area contributed by atoms with Crippen LogP contribution >= 0.6 is 23.1 Å². The first-order valence-corrected chi connectivity index (χ1v) is 7.35. The summed E-state index contributed by atoms with van der Waals surface area (Å²) in [5, 5.41) is 4.75. The molecule has 3 N–H and O–H groups in total. The zero-order valence-electron chi connectivity index (χ0n) is 11.6. The lowest BCUT2D eigenvalue weighted by molar-refractivity contribution is 0.414. The third-order valence-electron chi connectivity index (χ3n) is 3.02. The Labute approximate surface area is 127 Å². The average Bonchev–Trinajstić information content (AvgIpc) is 2.91. The zero-order chi connectivity index (χ0) is 14.7. The van der Waals surface area contributed by atoms with Gasteiger partial charge in [-0.1, -0.05) is 36.0 Å². The van der Waals surface area contributed by atoms with Gasteiger partial charge in [0.1, 0.15) is 5.75 Å². The van der Waals surface area contributed by atoms with Crippen LogP contribution in [0.3, 0.4) is 0 Å². The Balaban J connectivity index is 2.44. The fourth-order valence-electron chi connectivity index (χ4n) is 1.98. The van der Waals surface area contributed by atoms with Crippen molar-refractivity contribution in [1.82, 2.24) is 15.0 Å². The van der Waals surface area contributed by atoms with Crippen molar-refractivity contribution in [3.63, 3.8) is 0 Å². The molecule has 1 atom stereocenters. The summed E-state index contributed by atoms with van der Waals surface area (Å²) >= 11 is 7.40. The predicted molar refractivity (Wildman–Crippen MR) is 81.2 cm³/mol. The van der Waals surface area contributed by atoms with Gasteiger partial charge in [-0.25, -0.2) is 5.43 Å². The number of hydrogen-bond donors (Lipinski definition) is 2. The highest BCUT2D eigenvalue weighted by atomic mass is 35.5. The second kappa shape index (κ2) is 6.49. The van der Waals surface area contributed by atoms with E-state index in [1.54, 1.807) is 13.2 Å². The summed E-state index contributed by atoms with van der Waals surface area (Å²) in [7, 11) is 1.59. The number of hydrazine groups is 1. The minimum absolute atomic E-state index is 0.182. The van der Waals surface area contributed by atoms with E-state index in [-0.39, 0.29) is 12.0 Å². The van der Waals surface area contributed by atoms with E-state index in [1.165, 1.54) is 11.5 Å². The number of benzene rings is 1. The van der Waals surface area contributed by atoms with Crippen molar-refractivity contribution in [3.05, 3.63) is 39.4 Å². The van der Waals surface area contributed by atoms with Gasteiger partial charge in [0.2, 0.25) is 0 Å². The fourth-order valence-corrected chi connectivity index (χ4v) is 3.08. The van der Waals surface area contributed by atoms with Gasteiger partial charge in [-0.15, -0.1) is 5.10 Å². The Morgan fingerprint density at radius 2 is 2.15 bits per heavy atom. The van der Waals surface area contributed by atoms with E-state index < -0.39 is 0 Å². The molecule has 2 rings (SSSR count). The largest absolute Gasteiger partial charge is 0.495 e. The van der Waals surface area contributed by atoms with Crippen molar-refractivity contribution in [2.75, 3.05) is 7.11 Å². The molecule has 0 spiro atoms. The Hall–Kier alpha value is -1.21. The number of nitrogens with one attached hydrogen (secondary N) is 1. The monoisotopic (exact) mass is 312 g/mol. The lowest BCUT2D eigenvalue weighted by atomic mass is 10.0. The smallest absolute Gasteiger partial charge is 0.137 e. The van der Waals surface area contributed by atoms with Crippen molar-refractivity contribution in [2.45, 2.75) is 25.8 Å². The lowest BCUT2D eigenvalue weighted by Gasteiger charge is -2.17. The number of ether oxygens (including phenoxy) is 1. The second-order valence-corrected chi connectivity index (χ2v) is 5.86. The molecule has 20 heavy (non-hydrogen) atoms. The Bertz CT molecular complexity index is 588. The van der Waals surface area contributed by atoms with Crippen molar-refractivity contribution < 1.29 is 4.74 Å². The van der Waals surface area contributed by atoms with Crippen LogP contribution in [0.25, 0.3) is 0 Å². The van der Waals surface area contributed by atoms with Gasteiger partial charge in [0, 0.05) is 0 Å². The number of aromatic nitrogens is 2. The molecule has 0 saturated heterocycles. The first-order chi connectivity index (χ1) is 9.58. The number of nitrogens with two attached hydrogens (primary N) is 1. The first-order valence-electron chi connectivity index (χ1n) is 6.20. The molecule has 0 amide bonds.